The average Bonchev–Trinajstić information content (AvgIpc) is 2.26. The smallest absolute Gasteiger partial charge is 0.0253 e. The Morgan fingerprint density at radius 3 is 2.31 bits per heavy atom. The number of rotatable bonds is 7. The number of hydrogen-bond acceptors (Lipinski definition) is 0. The van der Waals surface area contributed by atoms with Gasteiger partial charge in [-0.3, -0.25) is 0 Å². The fraction of sp³-hybridized carbons (Fsp3) is 0.562. The highest BCUT2D eigenvalue weighted by Gasteiger charge is 2.03. The molecule has 0 nitrogen and oxygen atoms in total. The summed E-state index contributed by atoms with van der Waals surface area (Å²) in [5.41, 5.74) is 3.10. The van der Waals surface area contributed by atoms with E-state index in [1.807, 2.05) is 0 Å². The maximum atomic E-state index is 3.89. The molecule has 0 N–H and O–H groups in total. The van der Waals surface area contributed by atoms with E-state index in [2.05, 4.69) is 45.0 Å². The largest absolute Gasteiger partial charge is 0.0625 e. The van der Waals surface area contributed by atoms with Crippen molar-refractivity contribution in [2.75, 3.05) is 0 Å². The summed E-state index contributed by atoms with van der Waals surface area (Å²) in [6.45, 7) is 8.47. The van der Waals surface area contributed by atoms with Crippen molar-refractivity contribution in [3.05, 3.63) is 42.3 Å². The first kappa shape index (κ1) is 13.3. The van der Waals surface area contributed by atoms with Crippen molar-refractivity contribution in [2.45, 2.75) is 52.4 Å². The molecule has 89 valence electrons. The quantitative estimate of drug-likeness (QED) is 0.574. The first-order valence-electron chi connectivity index (χ1n) is 6.60. The SMILES string of the molecule is [CH2]CCCCCc1ccccc1CC(C)C. The molecule has 0 unspecified atom stereocenters. The molecule has 0 spiro atoms. The van der Waals surface area contributed by atoms with Crippen LogP contribution in [0, 0.1) is 12.8 Å². The zero-order chi connectivity index (χ0) is 11.8. The van der Waals surface area contributed by atoms with E-state index in [0.717, 1.165) is 12.3 Å². The van der Waals surface area contributed by atoms with Crippen molar-refractivity contribution in [1.29, 1.82) is 0 Å². The lowest BCUT2D eigenvalue weighted by atomic mass is 9.95. The van der Waals surface area contributed by atoms with Gasteiger partial charge < -0.3 is 0 Å². The Bertz CT molecular complexity index is 286. The fourth-order valence-electron chi connectivity index (χ4n) is 2.11. The van der Waals surface area contributed by atoms with Crippen LogP contribution < -0.4 is 0 Å². The summed E-state index contributed by atoms with van der Waals surface area (Å²) in [5.74, 6) is 0.751. The van der Waals surface area contributed by atoms with E-state index in [4.69, 9.17) is 0 Å². The summed E-state index contributed by atoms with van der Waals surface area (Å²) in [4.78, 5) is 0. The monoisotopic (exact) mass is 217 g/mol. The Morgan fingerprint density at radius 1 is 1.00 bits per heavy atom. The van der Waals surface area contributed by atoms with Gasteiger partial charge in [0, 0.05) is 0 Å². The van der Waals surface area contributed by atoms with Crippen molar-refractivity contribution < 1.29 is 0 Å². The lowest BCUT2D eigenvalue weighted by Crippen LogP contribution is -1.99. The number of hydrogen-bond donors (Lipinski definition) is 0. The maximum Gasteiger partial charge on any atom is -0.0253 e. The molecule has 0 saturated carbocycles. The normalized spacial score (nSPS) is 11.0. The van der Waals surface area contributed by atoms with Gasteiger partial charge in [0.05, 0.1) is 0 Å². The predicted molar refractivity (Wildman–Crippen MR) is 72.5 cm³/mol. The van der Waals surface area contributed by atoms with Crippen LogP contribution >= 0.6 is 0 Å². The molecule has 0 atom stereocenters. The highest BCUT2D eigenvalue weighted by Crippen LogP contribution is 2.16. The third-order valence-corrected chi connectivity index (χ3v) is 2.94. The Balaban J connectivity index is 2.50. The van der Waals surface area contributed by atoms with Crippen molar-refractivity contribution in [1.82, 2.24) is 0 Å². The summed E-state index contributed by atoms with van der Waals surface area (Å²) in [6.07, 6.45) is 7.43. The van der Waals surface area contributed by atoms with Crippen LogP contribution in [0.15, 0.2) is 24.3 Å². The molecule has 0 heterocycles. The maximum absolute atomic E-state index is 3.89. The molecule has 0 saturated heterocycles. The molecule has 1 aromatic carbocycles. The second kappa shape index (κ2) is 7.49. The summed E-state index contributed by atoms with van der Waals surface area (Å²) < 4.78 is 0. The molecule has 0 aliphatic heterocycles. The van der Waals surface area contributed by atoms with E-state index in [-0.39, 0.29) is 0 Å². The van der Waals surface area contributed by atoms with Crippen LogP contribution in [-0.2, 0) is 12.8 Å². The molecule has 0 aromatic heterocycles. The second-order valence-corrected chi connectivity index (χ2v) is 5.03. The van der Waals surface area contributed by atoms with Crippen molar-refractivity contribution in [2.24, 2.45) is 5.92 Å². The zero-order valence-corrected chi connectivity index (χ0v) is 10.8. The van der Waals surface area contributed by atoms with Crippen molar-refractivity contribution in [3.63, 3.8) is 0 Å². The molecule has 1 radical (unpaired) electrons. The predicted octanol–water partition coefficient (Wildman–Crippen LogP) is 4.82. The molecule has 0 amide bonds. The molecule has 1 aromatic rings. The minimum atomic E-state index is 0.751. The second-order valence-electron chi connectivity index (χ2n) is 5.03. The molecule has 1 rings (SSSR count). The van der Waals surface area contributed by atoms with E-state index in [1.54, 1.807) is 11.1 Å². The van der Waals surface area contributed by atoms with Gasteiger partial charge in [-0.05, 0) is 36.3 Å². The van der Waals surface area contributed by atoms with Gasteiger partial charge in [0.25, 0.3) is 0 Å². The number of aryl methyl sites for hydroxylation is 1. The molecule has 0 fully saturated rings. The highest BCUT2D eigenvalue weighted by molar-refractivity contribution is 5.27. The first-order valence-corrected chi connectivity index (χ1v) is 6.60. The third kappa shape index (κ3) is 4.83. The van der Waals surface area contributed by atoms with Crippen LogP contribution in [0.2, 0.25) is 0 Å². The van der Waals surface area contributed by atoms with Crippen LogP contribution in [-0.4, -0.2) is 0 Å². The van der Waals surface area contributed by atoms with Crippen LogP contribution in [0.4, 0.5) is 0 Å². The summed E-state index contributed by atoms with van der Waals surface area (Å²) in [6, 6.07) is 8.91. The summed E-state index contributed by atoms with van der Waals surface area (Å²) in [7, 11) is 0. The topological polar surface area (TPSA) is 0 Å². The standard InChI is InChI=1S/C16H25/c1-4-5-6-7-10-15-11-8-9-12-16(15)13-14(2)3/h8-9,11-12,14H,1,4-7,10,13H2,2-3H3. The minimum absolute atomic E-state index is 0.751. The van der Waals surface area contributed by atoms with Gasteiger partial charge in [0.15, 0.2) is 0 Å². The van der Waals surface area contributed by atoms with Crippen molar-refractivity contribution in [3.8, 4) is 0 Å². The summed E-state index contributed by atoms with van der Waals surface area (Å²) >= 11 is 0. The van der Waals surface area contributed by atoms with Crippen LogP contribution in [0.3, 0.4) is 0 Å². The molecule has 0 aliphatic rings. The Hall–Kier alpha value is -0.780. The van der Waals surface area contributed by atoms with Gasteiger partial charge in [-0.15, -0.1) is 0 Å². The van der Waals surface area contributed by atoms with E-state index in [1.165, 1.54) is 32.1 Å². The van der Waals surface area contributed by atoms with E-state index >= 15 is 0 Å². The van der Waals surface area contributed by atoms with Gasteiger partial charge >= 0.3 is 0 Å². The number of unbranched alkanes of at least 4 members (excludes halogenated alkanes) is 3. The lowest BCUT2D eigenvalue weighted by Gasteiger charge is -2.11. The van der Waals surface area contributed by atoms with Crippen LogP contribution in [0.1, 0.15) is 50.7 Å². The molecular weight excluding hydrogens is 192 g/mol. The van der Waals surface area contributed by atoms with Crippen LogP contribution in [0.5, 0.6) is 0 Å². The van der Waals surface area contributed by atoms with Crippen molar-refractivity contribution >= 4 is 0 Å². The van der Waals surface area contributed by atoms with E-state index in [0.29, 0.717) is 0 Å². The first-order chi connectivity index (χ1) is 7.74. The molecule has 0 aliphatic carbocycles. The molecule has 0 heteroatoms. The molecular formula is C16H25. The Labute approximate surface area is 101 Å². The zero-order valence-electron chi connectivity index (χ0n) is 10.8. The number of benzene rings is 1. The van der Waals surface area contributed by atoms with Crippen LogP contribution in [0.25, 0.3) is 0 Å². The minimum Gasteiger partial charge on any atom is -0.0625 e. The van der Waals surface area contributed by atoms with E-state index < -0.39 is 0 Å². The van der Waals surface area contributed by atoms with Gasteiger partial charge in [-0.1, -0.05) is 64.3 Å². The third-order valence-electron chi connectivity index (χ3n) is 2.94. The van der Waals surface area contributed by atoms with Gasteiger partial charge in [-0.2, -0.15) is 0 Å². The Morgan fingerprint density at radius 2 is 1.69 bits per heavy atom. The summed E-state index contributed by atoms with van der Waals surface area (Å²) in [5, 5.41) is 0. The average molecular weight is 217 g/mol. The molecule has 0 bridgehead atoms. The van der Waals surface area contributed by atoms with Gasteiger partial charge in [0.2, 0.25) is 0 Å². The fourth-order valence-corrected chi connectivity index (χ4v) is 2.11. The Kier molecular flexibility index (Phi) is 6.22. The highest BCUT2D eigenvalue weighted by atomic mass is 14.1. The molecule has 16 heavy (non-hydrogen) atoms. The van der Waals surface area contributed by atoms with Gasteiger partial charge in [-0.25, -0.2) is 0 Å². The van der Waals surface area contributed by atoms with E-state index in [9.17, 15) is 0 Å². The van der Waals surface area contributed by atoms with Gasteiger partial charge in [0.1, 0.15) is 0 Å². The lowest BCUT2D eigenvalue weighted by molar-refractivity contribution is 0.634.